The molecule has 6 heteroatoms. The molecule has 0 bridgehead atoms. The van der Waals surface area contributed by atoms with Crippen molar-refractivity contribution in [3.8, 4) is 11.8 Å². The quantitative estimate of drug-likeness (QED) is 0.860. The number of para-hydroxylation sites is 1. The molecule has 1 N–H and O–H groups in total. The van der Waals surface area contributed by atoms with Crippen molar-refractivity contribution in [2.24, 2.45) is 0 Å². The summed E-state index contributed by atoms with van der Waals surface area (Å²) in [7, 11) is 0. The lowest BCUT2D eigenvalue weighted by Gasteiger charge is -2.34. The number of carbonyl (C=O) groups excluding carboxylic acids is 1. The van der Waals surface area contributed by atoms with Crippen molar-refractivity contribution in [3.05, 3.63) is 29.8 Å². The molecular weight excluding hydrogens is 272 g/mol. The van der Waals surface area contributed by atoms with Crippen LogP contribution in [0, 0.1) is 11.3 Å². The Hall–Kier alpha value is -2.55. The number of hydrogen-bond acceptors (Lipinski definition) is 4. The topological polar surface area (TPSA) is 90.6 Å². The standard InChI is InChI=1S/C15H18N2O4/c1-4-17(15(2,3)14(19)20)13(18)10-21-12-8-6-5-7-11(12)9-16/h5-8H,4,10H2,1-3H3,(H,19,20). The molecule has 0 atom stereocenters. The molecule has 0 fully saturated rings. The maximum Gasteiger partial charge on any atom is 0.329 e. The second-order valence-corrected chi connectivity index (χ2v) is 4.90. The van der Waals surface area contributed by atoms with Crippen molar-refractivity contribution in [3.63, 3.8) is 0 Å². The number of amides is 1. The second kappa shape index (κ2) is 6.75. The lowest BCUT2D eigenvalue weighted by Crippen LogP contribution is -2.54. The lowest BCUT2D eigenvalue weighted by atomic mass is 10.0. The van der Waals surface area contributed by atoms with E-state index in [4.69, 9.17) is 10.00 Å². The van der Waals surface area contributed by atoms with Crippen LogP contribution in [-0.2, 0) is 9.59 Å². The summed E-state index contributed by atoms with van der Waals surface area (Å²) in [5.74, 6) is -1.23. The van der Waals surface area contributed by atoms with Gasteiger partial charge < -0.3 is 14.7 Å². The van der Waals surface area contributed by atoms with Gasteiger partial charge in [0, 0.05) is 6.54 Å². The predicted octanol–water partition coefficient (Wildman–Crippen LogP) is 1.65. The highest BCUT2D eigenvalue weighted by atomic mass is 16.5. The van der Waals surface area contributed by atoms with Gasteiger partial charge in [-0.25, -0.2) is 4.79 Å². The van der Waals surface area contributed by atoms with Crippen LogP contribution in [0.3, 0.4) is 0 Å². The normalized spacial score (nSPS) is 10.6. The monoisotopic (exact) mass is 290 g/mol. The van der Waals surface area contributed by atoms with Crippen LogP contribution in [0.1, 0.15) is 26.3 Å². The fourth-order valence-electron chi connectivity index (χ4n) is 1.90. The largest absolute Gasteiger partial charge is 0.482 e. The van der Waals surface area contributed by atoms with Gasteiger partial charge >= 0.3 is 5.97 Å². The van der Waals surface area contributed by atoms with Crippen molar-refractivity contribution in [1.29, 1.82) is 5.26 Å². The number of benzene rings is 1. The molecule has 0 aromatic heterocycles. The van der Waals surface area contributed by atoms with E-state index >= 15 is 0 Å². The van der Waals surface area contributed by atoms with Crippen LogP contribution < -0.4 is 4.74 Å². The molecule has 0 aliphatic heterocycles. The van der Waals surface area contributed by atoms with Crippen LogP contribution in [0.4, 0.5) is 0 Å². The third-order valence-electron chi connectivity index (χ3n) is 3.17. The highest BCUT2D eigenvalue weighted by Crippen LogP contribution is 2.18. The first kappa shape index (κ1) is 16.5. The highest BCUT2D eigenvalue weighted by Gasteiger charge is 2.36. The van der Waals surface area contributed by atoms with E-state index in [-0.39, 0.29) is 13.2 Å². The molecule has 0 aliphatic carbocycles. The third-order valence-corrected chi connectivity index (χ3v) is 3.17. The predicted molar refractivity (Wildman–Crippen MR) is 75.8 cm³/mol. The molecule has 6 nitrogen and oxygen atoms in total. The summed E-state index contributed by atoms with van der Waals surface area (Å²) < 4.78 is 5.34. The summed E-state index contributed by atoms with van der Waals surface area (Å²) in [5, 5.41) is 18.1. The Labute approximate surface area is 123 Å². The molecule has 0 heterocycles. The first-order chi connectivity index (χ1) is 9.84. The number of likely N-dealkylation sites (N-methyl/N-ethyl adjacent to an activating group) is 1. The van der Waals surface area contributed by atoms with Gasteiger partial charge in [-0.15, -0.1) is 0 Å². The van der Waals surface area contributed by atoms with Gasteiger partial charge in [-0.2, -0.15) is 5.26 Å². The van der Waals surface area contributed by atoms with Gasteiger partial charge in [0.15, 0.2) is 6.61 Å². The number of carboxylic acid groups (broad SMARTS) is 1. The molecule has 112 valence electrons. The summed E-state index contributed by atoms with van der Waals surface area (Å²) in [6.07, 6.45) is 0. The summed E-state index contributed by atoms with van der Waals surface area (Å²) >= 11 is 0. The number of hydrogen-bond donors (Lipinski definition) is 1. The zero-order valence-corrected chi connectivity index (χ0v) is 12.3. The van der Waals surface area contributed by atoms with E-state index in [1.807, 2.05) is 6.07 Å². The van der Waals surface area contributed by atoms with Crippen LogP contribution in [0.2, 0.25) is 0 Å². The first-order valence-corrected chi connectivity index (χ1v) is 6.50. The van der Waals surface area contributed by atoms with Crippen LogP contribution in [0.15, 0.2) is 24.3 Å². The smallest absolute Gasteiger partial charge is 0.329 e. The number of aliphatic carboxylic acids is 1. The van der Waals surface area contributed by atoms with Gasteiger partial charge in [0.2, 0.25) is 0 Å². The highest BCUT2D eigenvalue weighted by molar-refractivity contribution is 5.87. The zero-order chi connectivity index (χ0) is 16.0. The van der Waals surface area contributed by atoms with E-state index in [2.05, 4.69) is 0 Å². The van der Waals surface area contributed by atoms with E-state index in [1.54, 1.807) is 31.2 Å². The molecule has 1 rings (SSSR count). The van der Waals surface area contributed by atoms with Crippen molar-refractivity contribution < 1.29 is 19.4 Å². The van der Waals surface area contributed by atoms with Crippen LogP contribution in [-0.4, -0.2) is 40.6 Å². The molecule has 1 aromatic rings. The van der Waals surface area contributed by atoms with Crippen molar-refractivity contribution in [2.45, 2.75) is 26.3 Å². The summed E-state index contributed by atoms with van der Waals surface area (Å²) in [4.78, 5) is 24.6. The first-order valence-electron chi connectivity index (χ1n) is 6.50. The molecule has 0 saturated carbocycles. The van der Waals surface area contributed by atoms with Crippen LogP contribution in [0.25, 0.3) is 0 Å². The van der Waals surface area contributed by atoms with Gasteiger partial charge in [-0.3, -0.25) is 4.79 Å². The second-order valence-electron chi connectivity index (χ2n) is 4.90. The Kier molecular flexibility index (Phi) is 5.30. The van der Waals surface area contributed by atoms with E-state index in [0.29, 0.717) is 11.3 Å². The summed E-state index contributed by atoms with van der Waals surface area (Å²) in [5.41, 5.74) is -0.991. The lowest BCUT2D eigenvalue weighted by molar-refractivity contribution is -0.157. The average molecular weight is 290 g/mol. The van der Waals surface area contributed by atoms with E-state index < -0.39 is 17.4 Å². The molecule has 1 aromatic carbocycles. The minimum absolute atomic E-state index is 0.251. The Morgan fingerprint density at radius 3 is 2.52 bits per heavy atom. The maximum absolute atomic E-state index is 12.2. The summed E-state index contributed by atoms with van der Waals surface area (Å²) in [6.45, 7) is 4.55. The van der Waals surface area contributed by atoms with Gasteiger partial charge in [0.05, 0.1) is 5.56 Å². The molecule has 0 spiro atoms. The molecular formula is C15H18N2O4. The number of ether oxygens (including phenoxy) is 1. The maximum atomic E-state index is 12.2. The Balaban J connectivity index is 2.81. The van der Waals surface area contributed by atoms with Crippen molar-refractivity contribution in [1.82, 2.24) is 4.90 Å². The number of nitrogens with zero attached hydrogens (tertiary/aromatic N) is 2. The van der Waals surface area contributed by atoms with E-state index in [9.17, 15) is 14.7 Å². The minimum atomic E-state index is -1.32. The fraction of sp³-hybridized carbons (Fsp3) is 0.400. The van der Waals surface area contributed by atoms with Crippen LogP contribution in [0.5, 0.6) is 5.75 Å². The summed E-state index contributed by atoms with van der Waals surface area (Å²) in [6, 6.07) is 8.52. The van der Waals surface area contributed by atoms with Gasteiger partial charge in [0.1, 0.15) is 17.4 Å². The molecule has 0 radical (unpaired) electrons. The molecule has 21 heavy (non-hydrogen) atoms. The van der Waals surface area contributed by atoms with Crippen molar-refractivity contribution in [2.75, 3.05) is 13.2 Å². The minimum Gasteiger partial charge on any atom is -0.482 e. The van der Waals surface area contributed by atoms with Crippen LogP contribution >= 0.6 is 0 Å². The Bertz CT molecular complexity index is 575. The van der Waals surface area contributed by atoms with Crippen molar-refractivity contribution >= 4 is 11.9 Å². The number of nitriles is 1. The molecule has 0 aliphatic rings. The van der Waals surface area contributed by atoms with E-state index in [0.717, 1.165) is 0 Å². The molecule has 1 amide bonds. The van der Waals surface area contributed by atoms with Gasteiger partial charge in [-0.1, -0.05) is 12.1 Å². The van der Waals surface area contributed by atoms with Gasteiger partial charge in [-0.05, 0) is 32.9 Å². The number of rotatable bonds is 6. The number of carbonyl (C=O) groups is 2. The third kappa shape index (κ3) is 3.72. The average Bonchev–Trinajstić information content (AvgIpc) is 2.45. The number of carboxylic acids is 1. The SMILES string of the molecule is CCN(C(=O)COc1ccccc1C#N)C(C)(C)C(=O)O. The molecule has 0 unspecified atom stereocenters. The molecule has 0 saturated heterocycles. The Morgan fingerprint density at radius 2 is 2.00 bits per heavy atom. The fourth-order valence-corrected chi connectivity index (χ4v) is 1.90. The van der Waals surface area contributed by atoms with E-state index in [1.165, 1.54) is 18.7 Å². The van der Waals surface area contributed by atoms with Gasteiger partial charge in [0.25, 0.3) is 5.91 Å². The zero-order valence-electron chi connectivity index (χ0n) is 12.3. The Morgan fingerprint density at radius 1 is 1.38 bits per heavy atom.